The van der Waals surface area contributed by atoms with Crippen LogP contribution in [0.3, 0.4) is 0 Å². The highest BCUT2D eigenvalue weighted by molar-refractivity contribution is 9.10. The Morgan fingerprint density at radius 1 is 1.44 bits per heavy atom. The molecule has 0 bridgehead atoms. The van der Waals surface area contributed by atoms with Crippen LogP contribution in [-0.4, -0.2) is 16.1 Å². The van der Waals surface area contributed by atoms with Crippen molar-refractivity contribution < 1.29 is 0 Å². The van der Waals surface area contributed by atoms with E-state index in [1.807, 2.05) is 25.5 Å². The molecule has 0 saturated heterocycles. The van der Waals surface area contributed by atoms with Gasteiger partial charge in [-0.25, -0.2) is 4.98 Å². The lowest BCUT2D eigenvalue weighted by Gasteiger charge is -2.15. The zero-order valence-electron chi connectivity index (χ0n) is 10.5. The summed E-state index contributed by atoms with van der Waals surface area (Å²) in [6, 6.07) is 8.38. The average Bonchev–Trinajstić information content (AvgIpc) is 2.76. The van der Waals surface area contributed by atoms with Gasteiger partial charge in [0.25, 0.3) is 0 Å². The van der Waals surface area contributed by atoms with Crippen molar-refractivity contribution in [3.63, 3.8) is 0 Å². The SMILES string of the molecule is Cn1ccnc1CCC(CN)c1cccc(Br)c1. The van der Waals surface area contributed by atoms with Gasteiger partial charge in [0.2, 0.25) is 0 Å². The molecule has 3 nitrogen and oxygen atoms in total. The van der Waals surface area contributed by atoms with E-state index < -0.39 is 0 Å². The minimum absolute atomic E-state index is 0.388. The van der Waals surface area contributed by atoms with Gasteiger partial charge >= 0.3 is 0 Å². The second kappa shape index (κ2) is 6.16. The van der Waals surface area contributed by atoms with Crippen molar-refractivity contribution in [2.24, 2.45) is 12.8 Å². The first-order valence-electron chi connectivity index (χ1n) is 6.12. The molecule has 0 amide bonds. The number of benzene rings is 1. The van der Waals surface area contributed by atoms with E-state index in [2.05, 4.69) is 43.7 Å². The van der Waals surface area contributed by atoms with Crippen molar-refractivity contribution in [1.82, 2.24) is 9.55 Å². The summed E-state index contributed by atoms with van der Waals surface area (Å²) in [5.41, 5.74) is 7.18. The van der Waals surface area contributed by atoms with Gasteiger partial charge in [-0.15, -0.1) is 0 Å². The van der Waals surface area contributed by atoms with Crippen molar-refractivity contribution in [3.05, 3.63) is 52.5 Å². The molecule has 4 heteroatoms. The van der Waals surface area contributed by atoms with E-state index in [9.17, 15) is 0 Å². The number of nitrogens with zero attached hydrogens (tertiary/aromatic N) is 2. The summed E-state index contributed by atoms with van der Waals surface area (Å²) < 4.78 is 3.17. The normalized spacial score (nSPS) is 12.6. The zero-order chi connectivity index (χ0) is 13.0. The first-order chi connectivity index (χ1) is 8.70. The third kappa shape index (κ3) is 3.21. The molecule has 1 aromatic carbocycles. The van der Waals surface area contributed by atoms with Gasteiger partial charge in [-0.3, -0.25) is 0 Å². The highest BCUT2D eigenvalue weighted by atomic mass is 79.9. The van der Waals surface area contributed by atoms with Crippen LogP contribution in [0.4, 0.5) is 0 Å². The standard InChI is InChI=1S/C14H18BrN3/c1-18-8-7-17-14(18)6-5-12(10-16)11-3-2-4-13(15)9-11/h2-4,7-9,12H,5-6,10,16H2,1H3. The summed E-state index contributed by atoms with van der Waals surface area (Å²) in [5.74, 6) is 1.50. The highest BCUT2D eigenvalue weighted by Crippen LogP contribution is 2.23. The number of hydrogen-bond acceptors (Lipinski definition) is 2. The van der Waals surface area contributed by atoms with Crippen LogP contribution in [0.25, 0.3) is 0 Å². The summed E-state index contributed by atoms with van der Waals surface area (Å²) in [7, 11) is 2.03. The largest absolute Gasteiger partial charge is 0.338 e. The average molecular weight is 308 g/mol. The van der Waals surface area contributed by atoms with Crippen LogP contribution in [0.1, 0.15) is 23.7 Å². The van der Waals surface area contributed by atoms with Gasteiger partial charge in [0.1, 0.15) is 5.82 Å². The van der Waals surface area contributed by atoms with Gasteiger partial charge in [-0.05, 0) is 36.6 Å². The van der Waals surface area contributed by atoms with E-state index in [1.165, 1.54) is 5.56 Å². The maximum Gasteiger partial charge on any atom is 0.108 e. The molecule has 96 valence electrons. The lowest BCUT2D eigenvalue weighted by molar-refractivity contribution is 0.608. The summed E-state index contributed by atoms with van der Waals surface area (Å²) >= 11 is 3.50. The van der Waals surface area contributed by atoms with Gasteiger partial charge in [-0.2, -0.15) is 0 Å². The van der Waals surface area contributed by atoms with E-state index in [4.69, 9.17) is 5.73 Å². The fourth-order valence-electron chi connectivity index (χ4n) is 2.12. The van der Waals surface area contributed by atoms with E-state index in [1.54, 1.807) is 0 Å². The first-order valence-corrected chi connectivity index (χ1v) is 6.91. The molecule has 1 aromatic heterocycles. The van der Waals surface area contributed by atoms with Gasteiger partial charge in [0.15, 0.2) is 0 Å². The van der Waals surface area contributed by atoms with E-state index in [-0.39, 0.29) is 0 Å². The number of nitrogens with two attached hydrogens (primary N) is 1. The smallest absolute Gasteiger partial charge is 0.108 e. The van der Waals surface area contributed by atoms with Crippen LogP contribution in [0.5, 0.6) is 0 Å². The van der Waals surface area contributed by atoms with Crippen molar-refractivity contribution >= 4 is 15.9 Å². The van der Waals surface area contributed by atoms with Crippen LogP contribution >= 0.6 is 15.9 Å². The van der Waals surface area contributed by atoms with Crippen molar-refractivity contribution in [2.75, 3.05) is 6.54 Å². The van der Waals surface area contributed by atoms with Crippen LogP contribution < -0.4 is 5.73 Å². The maximum absolute atomic E-state index is 5.89. The minimum Gasteiger partial charge on any atom is -0.338 e. The molecule has 18 heavy (non-hydrogen) atoms. The van der Waals surface area contributed by atoms with Crippen LogP contribution in [0.15, 0.2) is 41.1 Å². The number of aryl methyl sites for hydroxylation is 2. The predicted molar refractivity (Wildman–Crippen MR) is 77.5 cm³/mol. The third-order valence-electron chi connectivity index (χ3n) is 3.24. The van der Waals surface area contributed by atoms with Crippen LogP contribution in [0, 0.1) is 0 Å². The fraction of sp³-hybridized carbons (Fsp3) is 0.357. The third-order valence-corrected chi connectivity index (χ3v) is 3.74. The molecule has 0 fully saturated rings. The predicted octanol–water partition coefficient (Wildman–Crippen LogP) is 2.86. The molecule has 0 radical (unpaired) electrons. The first kappa shape index (κ1) is 13.3. The van der Waals surface area contributed by atoms with E-state index in [0.29, 0.717) is 12.5 Å². The Bertz CT molecular complexity index is 507. The Labute approximate surface area is 116 Å². The van der Waals surface area contributed by atoms with Gasteiger partial charge in [0.05, 0.1) is 0 Å². The van der Waals surface area contributed by atoms with Crippen molar-refractivity contribution in [2.45, 2.75) is 18.8 Å². The number of halogens is 1. The number of aromatic nitrogens is 2. The monoisotopic (exact) mass is 307 g/mol. The van der Waals surface area contributed by atoms with Crippen molar-refractivity contribution in [1.29, 1.82) is 0 Å². The summed E-state index contributed by atoms with van der Waals surface area (Å²) in [6.45, 7) is 0.668. The number of rotatable bonds is 5. The Morgan fingerprint density at radius 3 is 2.89 bits per heavy atom. The lowest BCUT2D eigenvalue weighted by atomic mass is 9.94. The quantitative estimate of drug-likeness (QED) is 0.923. The van der Waals surface area contributed by atoms with Crippen LogP contribution in [-0.2, 0) is 13.5 Å². The Kier molecular flexibility index (Phi) is 4.55. The molecular formula is C14H18BrN3. The fourth-order valence-corrected chi connectivity index (χ4v) is 2.54. The number of hydrogen-bond donors (Lipinski definition) is 1. The lowest BCUT2D eigenvalue weighted by Crippen LogP contribution is -2.14. The molecule has 0 saturated carbocycles. The molecule has 1 atom stereocenters. The molecular weight excluding hydrogens is 290 g/mol. The molecule has 0 spiro atoms. The van der Waals surface area contributed by atoms with Crippen molar-refractivity contribution in [3.8, 4) is 0 Å². The Balaban J connectivity index is 2.04. The van der Waals surface area contributed by atoms with E-state index >= 15 is 0 Å². The van der Waals surface area contributed by atoms with Gasteiger partial charge in [-0.1, -0.05) is 28.1 Å². The molecule has 0 aliphatic rings. The number of imidazole rings is 1. The van der Waals surface area contributed by atoms with E-state index in [0.717, 1.165) is 23.1 Å². The molecule has 2 N–H and O–H groups in total. The van der Waals surface area contributed by atoms with Crippen LogP contribution in [0.2, 0.25) is 0 Å². The molecule has 0 aliphatic carbocycles. The topological polar surface area (TPSA) is 43.8 Å². The van der Waals surface area contributed by atoms with Gasteiger partial charge in [0, 0.05) is 30.3 Å². The second-order valence-corrected chi connectivity index (χ2v) is 5.40. The molecule has 1 heterocycles. The van der Waals surface area contributed by atoms with Gasteiger partial charge < -0.3 is 10.3 Å². The highest BCUT2D eigenvalue weighted by Gasteiger charge is 2.11. The molecule has 0 aliphatic heterocycles. The molecule has 1 unspecified atom stereocenters. The summed E-state index contributed by atoms with van der Waals surface area (Å²) in [5, 5.41) is 0. The molecule has 2 rings (SSSR count). The maximum atomic E-state index is 5.89. The summed E-state index contributed by atoms with van der Waals surface area (Å²) in [6.07, 6.45) is 5.80. The molecule has 2 aromatic rings. The minimum atomic E-state index is 0.388. The second-order valence-electron chi connectivity index (χ2n) is 4.48. The Morgan fingerprint density at radius 2 is 2.28 bits per heavy atom. The summed E-state index contributed by atoms with van der Waals surface area (Å²) in [4.78, 5) is 4.35. The Hall–Kier alpha value is -1.13. The zero-order valence-corrected chi connectivity index (χ0v) is 12.1.